The molecule has 0 aliphatic rings. The molecule has 0 bridgehead atoms. The highest BCUT2D eigenvalue weighted by Gasteiger charge is 2.37. The number of hydrogen-bond acceptors (Lipinski definition) is 0. The average Bonchev–Trinajstić information content (AvgIpc) is 2.50. The summed E-state index contributed by atoms with van der Waals surface area (Å²) in [5.41, 5.74) is 0. The van der Waals surface area contributed by atoms with Crippen molar-refractivity contribution in [3.05, 3.63) is 0 Å². The maximum absolute atomic E-state index is 9.07. The first-order chi connectivity index (χ1) is 11.6. The third kappa shape index (κ3) is 10.2. The molecule has 0 nitrogen and oxygen atoms in total. The fourth-order valence-corrected chi connectivity index (χ4v) is 4.20. The van der Waals surface area contributed by atoms with Gasteiger partial charge in [0.1, 0.15) is 39.2 Å². The highest BCUT2D eigenvalue weighted by atomic mass is 14.4. The lowest BCUT2D eigenvalue weighted by atomic mass is 9.44. The maximum Gasteiger partial charge on any atom is 0.109 e. The smallest absolute Gasteiger partial charge is 0.0672 e. The summed E-state index contributed by atoms with van der Waals surface area (Å²) in [4.78, 5) is 0. The highest BCUT2D eigenvalue weighted by Crippen LogP contribution is 2.55. The molecule has 0 saturated heterocycles. The van der Waals surface area contributed by atoms with Crippen LogP contribution in [0.2, 0.25) is 26.6 Å². The Morgan fingerprint density at radius 3 is 1.14 bits per heavy atom. The molecule has 0 N–H and O–H groups in total. The van der Waals surface area contributed by atoms with Gasteiger partial charge in [-0.25, -0.2) is 0 Å². The van der Waals surface area contributed by atoms with Crippen molar-refractivity contribution in [1.29, 1.82) is 0 Å². The van der Waals surface area contributed by atoms with Crippen molar-refractivity contribution in [3.63, 3.8) is 0 Å². The second kappa shape index (κ2) is 7.06. The van der Waals surface area contributed by atoms with Crippen LogP contribution in [-0.4, -0.2) is 39.2 Å². The van der Waals surface area contributed by atoms with Gasteiger partial charge in [0.25, 0.3) is 0 Å². The van der Waals surface area contributed by atoms with Crippen LogP contribution in [-0.2, 0) is 0 Å². The summed E-state index contributed by atoms with van der Waals surface area (Å²) in [6.45, 7) is 13.7. The Bertz CT molecular complexity index is 502. The van der Waals surface area contributed by atoms with Crippen LogP contribution in [0.5, 0.6) is 0 Å². The molecule has 0 aromatic rings. The van der Waals surface area contributed by atoms with Gasteiger partial charge in [-0.1, -0.05) is 107 Å². The fourth-order valence-electron chi connectivity index (χ4n) is 4.20. The van der Waals surface area contributed by atoms with Crippen molar-refractivity contribution >= 4 is 39.2 Å². The second-order valence-electron chi connectivity index (χ2n) is 10.5. The molecular weight excluding hydrogens is 258 g/mol. The zero-order valence-electron chi connectivity index (χ0n) is 22.4. The molecule has 0 aromatic heterocycles. The molecule has 0 heterocycles. The van der Waals surface area contributed by atoms with Crippen molar-refractivity contribution in [1.82, 2.24) is 0 Å². The molecule has 0 rings (SSSR count). The zero-order valence-corrected chi connectivity index (χ0v) is 17.4. The fraction of sp³-hybridized carbons (Fsp3) is 1.00. The van der Waals surface area contributed by atoms with E-state index >= 15 is 0 Å². The molecular formula is C17H41B5. The quantitative estimate of drug-likeness (QED) is 0.572. The minimum Gasteiger partial charge on any atom is -0.0672 e. The van der Waals surface area contributed by atoms with E-state index in [0.29, 0.717) is 0 Å². The highest BCUT2D eigenvalue weighted by molar-refractivity contribution is 6.21. The van der Waals surface area contributed by atoms with Crippen LogP contribution in [0.3, 0.4) is 0 Å². The Kier molecular flexibility index (Phi) is 4.70. The van der Waals surface area contributed by atoms with Gasteiger partial charge in [0.05, 0.1) is 0 Å². The van der Waals surface area contributed by atoms with E-state index in [9.17, 15) is 0 Å². The van der Waals surface area contributed by atoms with E-state index in [1.54, 1.807) is 0 Å². The molecule has 0 amide bonds. The lowest BCUT2D eigenvalue weighted by Gasteiger charge is -2.44. The molecule has 22 heavy (non-hydrogen) atoms. The molecule has 0 aliphatic heterocycles. The Morgan fingerprint density at radius 2 is 0.864 bits per heavy atom. The summed E-state index contributed by atoms with van der Waals surface area (Å²) in [5, 5.41) is -2.76. The van der Waals surface area contributed by atoms with Crippen LogP contribution >= 0.6 is 0 Å². The number of hydrogen-bond donors (Lipinski definition) is 0. The molecule has 9 atom stereocenters. The van der Waals surface area contributed by atoms with E-state index in [2.05, 4.69) is 0 Å². The third-order valence-electron chi connectivity index (χ3n) is 3.78. The first kappa shape index (κ1) is 14.6. The topological polar surface area (TPSA) is 0 Å². The van der Waals surface area contributed by atoms with Gasteiger partial charge in [-0.05, 0) is 0 Å². The van der Waals surface area contributed by atoms with E-state index < -0.39 is 53.2 Å². The predicted octanol–water partition coefficient (Wildman–Crippen LogP) is 2.04. The molecule has 9 unspecified atom stereocenters. The Labute approximate surface area is 153 Å². The van der Waals surface area contributed by atoms with Crippen LogP contribution in [0.4, 0.5) is 0 Å². The van der Waals surface area contributed by atoms with Crippen LogP contribution < -0.4 is 0 Å². The van der Waals surface area contributed by atoms with E-state index in [4.69, 9.17) is 6.85 Å². The van der Waals surface area contributed by atoms with E-state index in [1.165, 1.54) is 0 Å². The van der Waals surface area contributed by atoms with Crippen LogP contribution in [0.25, 0.3) is 0 Å². The maximum atomic E-state index is 9.07. The van der Waals surface area contributed by atoms with Crippen molar-refractivity contribution in [2.24, 2.45) is 0 Å². The van der Waals surface area contributed by atoms with Crippen molar-refractivity contribution in [2.45, 2.75) is 107 Å². The standard InChI is InChI=1S/C17H41B5/c1-8-14(4,19)10-16(6,21)12-17(7,22)11-15(5,20)9-13(2,3)18/h8-12,18-22H2,1-7H3/i8D,9D,10D,11D,12D. The molecule has 0 saturated carbocycles. The molecule has 0 spiro atoms. The summed E-state index contributed by atoms with van der Waals surface area (Å²) in [6.07, 6.45) is -2.70. The summed E-state index contributed by atoms with van der Waals surface area (Å²) >= 11 is 0. The van der Waals surface area contributed by atoms with Gasteiger partial charge in [-0.2, -0.15) is 0 Å². The Morgan fingerprint density at radius 1 is 0.591 bits per heavy atom. The molecule has 0 aliphatic carbocycles. The monoisotopic (exact) mass is 305 g/mol. The van der Waals surface area contributed by atoms with E-state index in [0.717, 1.165) is 0 Å². The largest absolute Gasteiger partial charge is 0.109 e. The second-order valence-corrected chi connectivity index (χ2v) is 10.5. The van der Waals surface area contributed by atoms with E-state index in [-0.39, 0.29) is 5.31 Å². The minimum absolute atomic E-state index is 0.244. The average molecular weight is 305 g/mol. The van der Waals surface area contributed by atoms with Gasteiger partial charge in [-0.3, -0.25) is 0 Å². The summed E-state index contributed by atoms with van der Waals surface area (Å²) in [5.74, 6) is 0. The van der Waals surface area contributed by atoms with Crippen LogP contribution in [0.15, 0.2) is 0 Å². The van der Waals surface area contributed by atoms with Crippen molar-refractivity contribution < 1.29 is 6.85 Å². The van der Waals surface area contributed by atoms with Gasteiger partial charge in [0.2, 0.25) is 0 Å². The lowest BCUT2D eigenvalue weighted by Crippen LogP contribution is -2.27. The lowest BCUT2D eigenvalue weighted by molar-refractivity contribution is 0.326. The van der Waals surface area contributed by atoms with Gasteiger partial charge in [0.15, 0.2) is 0 Å². The third-order valence-corrected chi connectivity index (χ3v) is 3.78. The predicted molar refractivity (Wildman–Crippen MR) is 119 cm³/mol. The number of rotatable bonds is 9. The SMILES string of the molecule is [2H]C(C)C(B)(C)C([2H])C(B)(C)C([2H])C(B)(C)C([2H])C(B)(C)C([2H])C(B)(C)C. The van der Waals surface area contributed by atoms with Crippen molar-refractivity contribution in [3.8, 4) is 0 Å². The minimum atomic E-state index is -0.696. The van der Waals surface area contributed by atoms with Gasteiger partial charge < -0.3 is 0 Å². The summed E-state index contributed by atoms with van der Waals surface area (Å²) < 4.78 is 43.9. The first-order valence-electron chi connectivity index (χ1n) is 11.6. The summed E-state index contributed by atoms with van der Waals surface area (Å²) in [7, 11) is 9.83. The molecule has 0 radical (unpaired) electrons. The Hall–Kier alpha value is 0.325. The Balaban J connectivity index is 5.93. The van der Waals surface area contributed by atoms with Gasteiger partial charge in [-0.15, -0.1) is 0 Å². The van der Waals surface area contributed by atoms with Gasteiger partial charge >= 0.3 is 0 Å². The zero-order chi connectivity index (χ0) is 22.4. The molecule has 0 fully saturated rings. The van der Waals surface area contributed by atoms with E-state index in [1.807, 2.05) is 87.7 Å². The first-order valence-corrected chi connectivity index (χ1v) is 8.68. The molecule has 0 aromatic carbocycles. The molecule has 124 valence electrons. The van der Waals surface area contributed by atoms with Gasteiger partial charge in [0, 0.05) is 6.85 Å². The molecule has 5 heteroatoms. The van der Waals surface area contributed by atoms with Crippen LogP contribution in [0.1, 0.15) is 87.3 Å². The van der Waals surface area contributed by atoms with Crippen molar-refractivity contribution in [2.75, 3.05) is 0 Å². The normalized spacial score (nSPS) is 34.2. The summed E-state index contributed by atoms with van der Waals surface area (Å²) in [6, 6.07) is 0. The van der Waals surface area contributed by atoms with Crippen LogP contribution in [0, 0.1) is 0 Å².